The molecule has 3 heteroatoms. The van der Waals surface area contributed by atoms with E-state index in [9.17, 15) is 4.79 Å². The number of rotatable bonds is 6. The minimum atomic E-state index is -0.427. The molecule has 3 rings (SSSR count). The Morgan fingerprint density at radius 3 is 2.50 bits per heavy atom. The van der Waals surface area contributed by atoms with Gasteiger partial charge in [0.25, 0.3) is 0 Å². The van der Waals surface area contributed by atoms with Crippen LogP contribution in [0.15, 0.2) is 42.5 Å². The first-order valence-electron chi connectivity index (χ1n) is 10.6. The number of carbonyl (C=O) groups excluding carboxylic acids is 1. The molecule has 1 saturated carbocycles. The maximum absolute atomic E-state index is 13.5. The van der Waals surface area contributed by atoms with Gasteiger partial charge in [-0.05, 0) is 69.4 Å². The first-order chi connectivity index (χ1) is 13.4. The van der Waals surface area contributed by atoms with Gasteiger partial charge in [-0.2, -0.15) is 0 Å². The Hall–Kier alpha value is -2.29. The van der Waals surface area contributed by atoms with E-state index in [1.54, 1.807) is 0 Å². The van der Waals surface area contributed by atoms with Crippen molar-refractivity contribution >= 4 is 11.6 Å². The molecule has 1 N–H and O–H groups in total. The fourth-order valence-electron chi connectivity index (χ4n) is 4.16. The van der Waals surface area contributed by atoms with Crippen molar-refractivity contribution < 1.29 is 9.53 Å². The molecule has 0 radical (unpaired) electrons. The Morgan fingerprint density at radius 1 is 1.11 bits per heavy atom. The summed E-state index contributed by atoms with van der Waals surface area (Å²) in [5, 5.41) is 3.21. The van der Waals surface area contributed by atoms with Crippen molar-refractivity contribution in [2.45, 2.75) is 77.7 Å². The highest BCUT2D eigenvalue weighted by Crippen LogP contribution is 2.41. The fraction of sp³-hybridized carbons (Fsp3) is 0.480. The molecule has 150 valence electrons. The van der Waals surface area contributed by atoms with E-state index in [0.717, 1.165) is 54.7 Å². The van der Waals surface area contributed by atoms with Gasteiger partial charge in [-0.15, -0.1) is 0 Å². The average Bonchev–Trinajstić information content (AvgIpc) is 2.70. The summed E-state index contributed by atoms with van der Waals surface area (Å²) in [6.45, 7) is 8.31. The van der Waals surface area contributed by atoms with Crippen LogP contribution in [0.25, 0.3) is 0 Å². The second-order valence-corrected chi connectivity index (χ2v) is 8.28. The molecule has 1 atom stereocenters. The molecule has 2 aromatic carbocycles. The lowest BCUT2D eigenvalue weighted by atomic mass is 9.68. The van der Waals surface area contributed by atoms with Gasteiger partial charge >= 0.3 is 0 Å². The summed E-state index contributed by atoms with van der Waals surface area (Å²) in [5.74, 6) is 1.01. The predicted molar refractivity (Wildman–Crippen MR) is 116 cm³/mol. The summed E-state index contributed by atoms with van der Waals surface area (Å²) in [4.78, 5) is 13.5. The van der Waals surface area contributed by atoms with Gasteiger partial charge in [0.2, 0.25) is 5.91 Å². The van der Waals surface area contributed by atoms with E-state index in [4.69, 9.17) is 4.74 Å². The zero-order valence-corrected chi connectivity index (χ0v) is 17.7. The van der Waals surface area contributed by atoms with Crippen LogP contribution in [0, 0.1) is 13.8 Å². The van der Waals surface area contributed by atoms with Crippen LogP contribution in [0.1, 0.15) is 69.1 Å². The molecule has 1 aliphatic rings. The lowest BCUT2D eigenvalue weighted by molar-refractivity contribution is -0.122. The Balaban J connectivity index is 1.84. The second kappa shape index (κ2) is 8.81. The van der Waals surface area contributed by atoms with E-state index in [1.807, 2.05) is 25.1 Å². The molecular weight excluding hydrogens is 346 g/mol. The van der Waals surface area contributed by atoms with Crippen molar-refractivity contribution in [3.05, 3.63) is 59.2 Å². The van der Waals surface area contributed by atoms with Crippen molar-refractivity contribution in [3.8, 4) is 5.75 Å². The first kappa shape index (κ1) is 20.4. The van der Waals surface area contributed by atoms with E-state index in [0.29, 0.717) is 0 Å². The zero-order valence-electron chi connectivity index (χ0n) is 17.7. The van der Waals surface area contributed by atoms with Gasteiger partial charge in [-0.25, -0.2) is 0 Å². The van der Waals surface area contributed by atoms with E-state index in [-0.39, 0.29) is 12.0 Å². The molecule has 0 spiro atoms. The Labute approximate surface area is 169 Å². The first-order valence-corrected chi connectivity index (χ1v) is 10.6. The normalized spacial score (nSPS) is 17.0. The standard InChI is InChI=1S/C25H33NO2/c1-5-20(4)28-23-13-12-22(17-19(23)3)26-24(27)25(14-7-6-8-15-25)21-11-9-10-18(2)16-21/h9-13,16-17,20H,5-8,14-15H2,1-4H3,(H,26,27)/t20-/m1/s1. The van der Waals surface area contributed by atoms with Crippen molar-refractivity contribution in [1.29, 1.82) is 0 Å². The molecule has 2 aromatic rings. The van der Waals surface area contributed by atoms with Gasteiger partial charge in [0.15, 0.2) is 0 Å². The number of carbonyl (C=O) groups is 1. The minimum Gasteiger partial charge on any atom is -0.490 e. The van der Waals surface area contributed by atoms with Gasteiger partial charge in [-0.3, -0.25) is 4.79 Å². The summed E-state index contributed by atoms with van der Waals surface area (Å²) in [5.41, 5.74) is 3.82. The molecule has 1 aliphatic carbocycles. The zero-order chi connectivity index (χ0) is 20.1. The van der Waals surface area contributed by atoms with Crippen molar-refractivity contribution in [2.75, 3.05) is 5.32 Å². The maximum atomic E-state index is 13.5. The van der Waals surface area contributed by atoms with Crippen molar-refractivity contribution in [3.63, 3.8) is 0 Å². The van der Waals surface area contributed by atoms with Gasteiger partial charge in [0.05, 0.1) is 11.5 Å². The molecule has 28 heavy (non-hydrogen) atoms. The molecule has 0 saturated heterocycles. The molecular formula is C25H33NO2. The molecule has 0 bridgehead atoms. The quantitative estimate of drug-likeness (QED) is 0.637. The van der Waals surface area contributed by atoms with Gasteiger partial charge in [-0.1, -0.05) is 56.0 Å². The molecule has 3 nitrogen and oxygen atoms in total. The van der Waals surface area contributed by atoms with E-state index >= 15 is 0 Å². The smallest absolute Gasteiger partial charge is 0.235 e. The van der Waals surface area contributed by atoms with Crippen molar-refractivity contribution in [2.24, 2.45) is 0 Å². The van der Waals surface area contributed by atoms with Crippen LogP contribution in [0.5, 0.6) is 5.75 Å². The topological polar surface area (TPSA) is 38.3 Å². The maximum Gasteiger partial charge on any atom is 0.235 e. The van der Waals surface area contributed by atoms with E-state index < -0.39 is 5.41 Å². The Bertz CT molecular complexity index is 821. The summed E-state index contributed by atoms with van der Waals surface area (Å²) in [7, 11) is 0. The van der Waals surface area contributed by atoms with E-state index in [1.165, 1.54) is 12.0 Å². The summed E-state index contributed by atoms with van der Waals surface area (Å²) < 4.78 is 5.96. The molecule has 0 unspecified atom stereocenters. The highest BCUT2D eigenvalue weighted by atomic mass is 16.5. The largest absolute Gasteiger partial charge is 0.490 e. The molecule has 1 amide bonds. The highest BCUT2D eigenvalue weighted by Gasteiger charge is 2.41. The molecule has 0 aliphatic heterocycles. The predicted octanol–water partition coefficient (Wildman–Crippen LogP) is 6.32. The third-order valence-electron chi connectivity index (χ3n) is 6.05. The van der Waals surface area contributed by atoms with Crippen LogP contribution in [-0.2, 0) is 10.2 Å². The second-order valence-electron chi connectivity index (χ2n) is 8.28. The Morgan fingerprint density at radius 2 is 1.86 bits per heavy atom. The van der Waals surface area contributed by atoms with Crippen molar-refractivity contribution in [1.82, 2.24) is 0 Å². The molecule has 0 heterocycles. The van der Waals surface area contributed by atoms with Gasteiger partial charge in [0.1, 0.15) is 5.75 Å². The third kappa shape index (κ3) is 4.40. The number of amides is 1. The summed E-state index contributed by atoms with van der Waals surface area (Å²) in [6.07, 6.45) is 6.39. The lowest BCUT2D eigenvalue weighted by Gasteiger charge is -2.36. The molecule has 1 fully saturated rings. The number of benzene rings is 2. The number of ether oxygens (including phenoxy) is 1. The number of nitrogens with one attached hydrogen (secondary N) is 1. The molecule has 0 aromatic heterocycles. The monoisotopic (exact) mass is 379 g/mol. The van der Waals surface area contributed by atoms with Crippen LogP contribution in [0.3, 0.4) is 0 Å². The summed E-state index contributed by atoms with van der Waals surface area (Å²) in [6, 6.07) is 14.4. The Kier molecular flexibility index (Phi) is 6.43. The number of hydrogen-bond donors (Lipinski definition) is 1. The van der Waals surface area contributed by atoms with Crippen LogP contribution >= 0.6 is 0 Å². The highest BCUT2D eigenvalue weighted by molar-refractivity contribution is 5.99. The van der Waals surface area contributed by atoms with Crippen LogP contribution in [-0.4, -0.2) is 12.0 Å². The lowest BCUT2D eigenvalue weighted by Crippen LogP contribution is -2.42. The fourth-order valence-corrected chi connectivity index (χ4v) is 4.16. The number of anilines is 1. The van der Waals surface area contributed by atoms with E-state index in [2.05, 4.69) is 50.4 Å². The van der Waals surface area contributed by atoms with Gasteiger partial charge < -0.3 is 10.1 Å². The van der Waals surface area contributed by atoms with Crippen LogP contribution < -0.4 is 10.1 Å². The average molecular weight is 380 g/mol. The third-order valence-corrected chi connectivity index (χ3v) is 6.05. The number of aryl methyl sites for hydroxylation is 2. The number of hydrogen-bond acceptors (Lipinski definition) is 2. The van der Waals surface area contributed by atoms with Crippen LogP contribution in [0.4, 0.5) is 5.69 Å². The minimum absolute atomic E-state index is 0.118. The van der Waals surface area contributed by atoms with Gasteiger partial charge in [0, 0.05) is 5.69 Å². The van der Waals surface area contributed by atoms with Crippen LogP contribution in [0.2, 0.25) is 0 Å². The SMILES string of the molecule is CC[C@@H](C)Oc1ccc(NC(=O)C2(c3cccc(C)c3)CCCCC2)cc1C. The summed E-state index contributed by atoms with van der Waals surface area (Å²) >= 11 is 0.